The van der Waals surface area contributed by atoms with E-state index in [1.165, 1.54) is 141 Å². The van der Waals surface area contributed by atoms with Gasteiger partial charge in [-0.15, -0.1) is 0 Å². The molecule has 0 aromatic carbocycles. The zero-order chi connectivity index (χ0) is 42.6. The third-order valence-corrected chi connectivity index (χ3v) is 11.3. The Morgan fingerprint density at radius 3 is 1.34 bits per heavy atom. The molecule has 0 aromatic rings. The Kier molecular flexibility index (Phi) is 42.4. The maximum atomic E-state index is 12.6. The first kappa shape index (κ1) is 56.5. The van der Waals surface area contributed by atoms with Gasteiger partial charge in [-0.2, -0.15) is 0 Å². The van der Waals surface area contributed by atoms with Crippen molar-refractivity contribution in [2.24, 2.45) is 0 Å². The molecular formula is C47H89O10P. The minimum Gasteiger partial charge on any atom is -0.462 e. The molecule has 342 valence electrons. The van der Waals surface area contributed by atoms with Gasteiger partial charge in [0.15, 0.2) is 6.10 Å². The van der Waals surface area contributed by atoms with Gasteiger partial charge < -0.3 is 24.6 Å². The zero-order valence-electron chi connectivity index (χ0n) is 37.3. The van der Waals surface area contributed by atoms with Crippen LogP contribution in [0.15, 0.2) is 24.3 Å². The number of carbonyl (C=O) groups excluding carboxylic acids is 2. The number of aliphatic hydroxyl groups excluding tert-OH is 2. The van der Waals surface area contributed by atoms with Gasteiger partial charge in [-0.05, 0) is 44.9 Å². The second-order valence-corrected chi connectivity index (χ2v) is 17.6. The normalized spacial score (nSPS) is 13.9. The summed E-state index contributed by atoms with van der Waals surface area (Å²) < 4.78 is 32.7. The molecule has 3 atom stereocenters. The van der Waals surface area contributed by atoms with E-state index in [0.717, 1.165) is 38.5 Å². The van der Waals surface area contributed by atoms with E-state index in [2.05, 4.69) is 42.7 Å². The highest BCUT2D eigenvalue weighted by Gasteiger charge is 2.27. The van der Waals surface area contributed by atoms with Gasteiger partial charge >= 0.3 is 19.8 Å². The standard InChI is InChI=1S/C47H89O10P/c1-3-5-7-9-11-13-15-17-18-19-20-21-22-23-24-25-26-27-29-31-33-35-37-39-47(51)57-45(43-56-58(52,53)55-41-44(49)40-48)42-54-46(50)38-36-34-32-30-28-16-14-12-10-8-6-4-2/h25-26,31,33,44-45,48-49H,3-24,27-30,32,34-43H2,1-2H3,(H,52,53)/b26-25+,33-31+/t44-,45+/m0/s1. The highest BCUT2D eigenvalue weighted by Crippen LogP contribution is 2.43. The zero-order valence-corrected chi connectivity index (χ0v) is 38.2. The molecule has 0 radical (unpaired) electrons. The van der Waals surface area contributed by atoms with Crippen LogP contribution in [0.2, 0.25) is 0 Å². The quantitative estimate of drug-likeness (QED) is 0.0234. The maximum absolute atomic E-state index is 12.6. The fraction of sp³-hybridized carbons (Fsp3) is 0.872. The summed E-state index contributed by atoms with van der Waals surface area (Å²) >= 11 is 0. The predicted molar refractivity (Wildman–Crippen MR) is 238 cm³/mol. The first-order chi connectivity index (χ1) is 28.2. The number of phosphoric acid groups is 1. The molecule has 0 aromatic heterocycles. The average Bonchev–Trinajstić information content (AvgIpc) is 3.21. The average molecular weight is 845 g/mol. The fourth-order valence-electron chi connectivity index (χ4n) is 6.66. The van der Waals surface area contributed by atoms with Crippen LogP contribution >= 0.6 is 7.82 Å². The molecule has 0 saturated heterocycles. The summed E-state index contributed by atoms with van der Waals surface area (Å²) in [6.07, 6.45) is 44.5. The Morgan fingerprint density at radius 2 is 0.879 bits per heavy atom. The SMILES string of the molecule is CCCCCCCCCCCCCCCC/C=C/CC/C=C/CCCC(=O)O[C@H](COC(=O)CCCCCCCCCCCCCC)COP(=O)(O)OC[C@@H](O)CO. The number of aliphatic hydroxyl groups is 2. The van der Waals surface area contributed by atoms with Crippen LogP contribution < -0.4 is 0 Å². The molecule has 0 aliphatic rings. The Hall–Kier alpha value is -1.55. The lowest BCUT2D eigenvalue weighted by molar-refractivity contribution is -0.161. The van der Waals surface area contributed by atoms with Crippen LogP contribution in [0.4, 0.5) is 0 Å². The summed E-state index contributed by atoms with van der Waals surface area (Å²) in [5.41, 5.74) is 0. The lowest BCUT2D eigenvalue weighted by Gasteiger charge is -2.20. The molecule has 10 nitrogen and oxygen atoms in total. The fourth-order valence-corrected chi connectivity index (χ4v) is 7.45. The van der Waals surface area contributed by atoms with Crippen molar-refractivity contribution in [1.29, 1.82) is 0 Å². The number of unbranched alkanes of at least 4 members (excludes halogenated alkanes) is 27. The molecule has 0 fully saturated rings. The van der Waals surface area contributed by atoms with Crippen LogP contribution in [0.1, 0.15) is 226 Å². The first-order valence-corrected chi connectivity index (χ1v) is 25.3. The van der Waals surface area contributed by atoms with Crippen molar-refractivity contribution >= 4 is 19.8 Å². The number of hydrogen-bond acceptors (Lipinski definition) is 9. The van der Waals surface area contributed by atoms with Crippen molar-refractivity contribution in [3.8, 4) is 0 Å². The third-order valence-electron chi connectivity index (χ3n) is 10.3. The van der Waals surface area contributed by atoms with Gasteiger partial charge in [-0.25, -0.2) is 4.57 Å². The van der Waals surface area contributed by atoms with E-state index in [-0.39, 0.29) is 19.4 Å². The molecule has 0 heterocycles. The molecule has 0 aliphatic carbocycles. The smallest absolute Gasteiger partial charge is 0.462 e. The summed E-state index contributed by atoms with van der Waals surface area (Å²) in [7, 11) is -4.62. The summed E-state index contributed by atoms with van der Waals surface area (Å²) in [5.74, 6) is -0.966. The van der Waals surface area contributed by atoms with E-state index in [4.69, 9.17) is 19.1 Å². The number of allylic oxidation sites excluding steroid dienone is 4. The van der Waals surface area contributed by atoms with E-state index < -0.39 is 51.8 Å². The summed E-state index contributed by atoms with van der Waals surface area (Å²) in [6.45, 7) is 2.36. The van der Waals surface area contributed by atoms with Gasteiger partial charge in [0, 0.05) is 12.8 Å². The number of ether oxygens (including phenoxy) is 2. The highest BCUT2D eigenvalue weighted by atomic mass is 31.2. The van der Waals surface area contributed by atoms with Crippen molar-refractivity contribution in [2.75, 3.05) is 26.4 Å². The van der Waals surface area contributed by atoms with Crippen molar-refractivity contribution in [3.05, 3.63) is 24.3 Å². The minimum absolute atomic E-state index is 0.128. The lowest BCUT2D eigenvalue weighted by atomic mass is 10.0. The van der Waals surface area contributed by atoms with Crippen LogP contribution in [-0.4, -0.2) is 65.7 Å². The monoisotopic (exact) mass is 845 g/mol. The summed E-state index contributed by atoms with van der Waals surface area (Å²) in [4.78, 5) is 35.0. The van der Waals surface area contributed by atoms with E-state index >= 15 is 0 Å². The van der Waals surface area contributed by atoms with Crippen molar-refractivity contribution in [2.45, 2.75) is 238 Å². The van der Waals surface area contributed by atoms with Crippen LogP contribution in [0.3, 0.4) is 0 Å². The molecule has 3 N–H and O–H groups in total. The van der Waals surface area contributed by atoms with Crippen LogP contribution in [-0.2, 0) is 32.7 Å². The van der Waals surface area contributed by atoms with Gasteiger partial charge in [0.2, 0.25) is 0 Å². The Morgan fingerprint density at radius 1 is 0.500 bits per heavy atom. The number of carbonyl (C=O) groups is 2. The van der Waals surface area contributed by atoms with Gasteiger partial charge in [0.1, 0.15) is 12.7 Å². The van der Waals surface area contributed by atoms with Gasteiger partial charge in [0.25, 0.3) is 0 Å². The number of phosphoric ester groups is 1. The maximum Gasteiger partial charge on any atom is 0.472 e. The van der Waals surface area contributed by atoms with Gasteiger partial charge in [0.05, 0.1) is 19.8 Å². The molecule has 0 rings (SSSR count). The molecule has 0 spiro atoms. The molecule has 0 saturated carbocycles. The van der Waals surface area contributed by atoms with Gasteiger partial charge in [-0.3, -0.25) is 18.6 Å². The Balaban J connectivity index is 4.22. The van der Waals surface area contributed by atoms with Crippen molar-refractivity contribution in [1.82, 2.24) is 0 Å². The predicted octanol–water partition coefficient (Wildman–Crippen LogP) is 13.0. The second kappa shape index (κ2) is 43.5. The van der Waals surface area contributed by atoms with E-state index in [0.29, 0.717) is 19.3 Å². The molecular weight excluding hydrogens is 755 g/mol. The summed E-state index contributed by atoms with van der Waals surface area (Å²) in [5, 5.41) is 18.3. The Bertz CT molecular complexity index is 1020. The molecule has 58 heavy (non-hydrogen) atoms. The topological polar surface area (TPSA) is 149 Å². The van der Waals surface area contributed by atoms with Crippen molar-refractivity contribution < 1.29 is 47.8 Å². The first-order valence-electron chi connectivity index (χ1n) is 23.8. The third kappa shape index (κ3) is 42.6. The van der Waals surface area contributed by atoms with Gasteiger partial charge in [-0.1, -0.05) is 192 Å². The van der Waals surface area contributed by atoms with Crippen molar-refractivity contribution in [3.63, 3.8) is 0 Å². The minimum atomic E-state index is -4.62. The van der Waals surface area contributed by atoms with E-state index in [1.54, 1.807) is 0 Å². The molecule has 0 amide bonds. The number of esters is 2. The summed E-state index contributed by atoms with van der Waals surface area (Å²) in [6, 6.07) is 0. The lowest BCUT2D eigenvalue weighted by Crippen LogP contribution is -2.29. The van der Waals surface area contributed by atoms with E-state index in [9.17, 15) is 24.2 Å². The van der Waals surface area contributed by atoms with Crippen LogP contribution in [0.5, 0.6) is 0 Å². The Labute approximate surface area is 355 Å². The van der Waals surface area contributed by atoms with Crippen LogP contribution in [0.25, 0.3) is 0 Å². The van der Waals surface area contributed by atoms with E-state index in [1.807, 2.05) is 0 Å². The molecule has 11 heteroatoms. The second-order valence-electron chi connectivity index (χ2n) is 16.1. The number of rotatable bonds is 45. The highest BCUT2D eigenvalue weighted by molar-refractivity contribution is 7.47. The molecule has 1 unspecified atom stereocenters. The molecule has 0 bridgehead atoms. The largest absolute Gasteiger partial charge is 0.472 e. The van der Waals surface area contributed by atoms with Crippen LogP contribution in [0, 0.1) is 0 Å². The number of hydrogen-bond donors (Lipinski definition) is 3. The molecule has 0 aliphatic heterocycles.